The van der Waals surface area contributed by atoms with Gasteiger partial charge in [0.05, 0.1) is 5.52 Å². The van der Waals surface area contributed by atoms with Crippen LogP contribution in [0, 0.1) is 6.92 Å². The van der Waals surface area contributed by atoms with Gasteiger partial charge in [-0.25, -0.2) is 9.97 Å². The zero-order chi connectivity index (χ0) is 8.55. The molecular weight excluding hydrogens is 154 g/mol. The Morgan fingerprint density at radius 1 is 1.50 bits per heavy atom. The van der Waals surface area contributed by atoms with E-state index in [4.69, 9.17) is 0 Å². The average molecular weight is 161 g/mol. The third kappa shape index (κ3) is 1.07. The maximum atomic E-state index is 10.9. The van der Waals surface area contributed by atoms with Crippen molar-refractivity contribution in [2.45, 2.75) is 6.92 Å². The Hall–Kier alpha value is -1.71. The molecule has 2 aromatic heterocycles. The van der Waals surface area contributed by atoms with Crippen molar-refractivity contribution in [2.75, 3.05) is 0 Å². The smallest absolute Gasteiger partial charge is 0.250 e. The minimum absolute atomic E-state index is 0.138. The molecule has 0 aromatic carbocycles. The van der Waals surface area contributed by atoms with Gasteiger partial charge in [-0.2, -0.15) is 0 Å². The topological polar surface area (TPSA) is 58.6 Å². The highest BCUT2D eigenvalue weighted by molar-refractivity contribution is 5.75. The fraction of sp³-hybridized carbons (Fsp3) is 0.125. The molecule has 0 bridgehead atoms. The van der Waals surface area contributed by atoms with E-state index in [0.717, 1.165) is 5.39 Å². The van der Waals surface area contributed by atoms with E-state index in [1.54, 1.807) is 19.3 Å². The number of H-pyrrole nitrogens is 1. The summed E-state index contributed by atoms with van der Waals surface area (Å²) in [7, 11) is 0. The highest BCUT2D eigenvalue weighted by Gasteiger charge is 1.95. The lowest BCUT2D eigenvalue weighted by Crippen LogP contribution is -2.03. The number of aromatic nitrogens is 3. The summed E-state index contributed by atoms with van der Waals surface area (Å²) in [6.07, 6.45) is 3.30. The summed E-state index contributed by atoms with van der Waals surface area (Å²) < 4.78 is 0. The summed E-state index contributed by atoms with van der Waals surface area (Å²) in [4.78, 5) is 21.5. The summed E-state index contributed by atoms with van der Waals surface area (Å²) in [5, 5.41) is 0.847. The Kier molecular flexibility index (Phi) is 1.40. The zero-order valence-electron chi connectivity index (χ0n) is 6.53. The van der Waals surface area contributed by atoms with Crippen LogP contribution in [0.15, 0.2) is 23.3 Å². The van der Waals surface area contributed by atoms with E-state index >= 15 is 0 Å². The summed E-state index contributed by atoms with van der Waals surface area (Å²) in [6, 6.07) is 1.46. The largest absolute Gasteiger partial charge is 0.328 e. The molecule has 0 radical (unpaired) electrons. The lowest BCUT2D eigenvalue weighted by molar-refractivity contribution is 1.08. The van der Waals surface area contributed by atoms with Gasteiger partial charge in [-0.15, -0.1) is 0 Å². The number of hydrogen-bond donors (Lipinski definition) is 1. The minimum Gasteiger partial charge on any atom is -0.328 e. The number of aryl methyl sites for hydroxylation is 1. The van der Waals surface area contributed by atoms with Crippen LogP contribution in [0.25, 0.3) is 10.9 Å². The molecule has 0 atom stereocenters. The van der Waals surface area contributed by atoms with Gasteiger partial charge in [-0.3, -0.25) is 4.79 Å². The second-order valence-corrected chi connectivity index (χ2v) is 2.56. The van der Waals surface area contributed by atoms with Crippen molar-refractivity contribution in [2.24, 2.45) is 0 Å². The molecule has 0 aliphatic heterocycles. The quantitative estimate of drug-likeness (QED) is 0.616. The standard InChI is InChI=1S/C8H7N3O/c1-5-9-3-6-4-10-8(12)2-7(6)11-5/h2-4H,1H3,(H,10,12). The molecule has 1 N–H and O–H groups in total. The second kappa shape index (κ2) is 2.41. The molecule has 2 rings (SSSR count). The van der Waals surface area contributed by atoms with E-state index < -0.39 is 0 Å². The van der Waals surface area contributed by atoms with Crippen LogP contribution in [0.4, 0.5) is 0 Å². The summed E-state index contributed by atoms with van der Waals surface area (Å²) in [6.45, 7) is 1.79. The molecule has 4 heteroatoms. The number of nitrogens with zero attached hydrogens (tertiary/aromatic N) is 2. The Balaban J connectivity index is 2.89. The van der Waals surface area contributed by atoms with Crippen LogP contribution >= 0.6 is 0 Å². The van der Waals surface area contributed by atoms with Gasteiger partial charge in [0.2, 0.25) is 5.56 Å². The number of rotatable bonds is 0. The van der Waals surface area contributed by atoms with Crippen molar-refractivity contribution in [3.63, 3.8) is 0 Å². The Bertz CT molecular complexity index is 475. The monoisotopic (exact) mass is 161 g/mol. The molecule has 0 aliphatic rings. The van der Waals surface area contributed by atoms with Gasteiger partial charge in [0.1, 0.15) is 5.82 Å². The Morgan fingerprint density at radius 2 is 2.33 bits per heavy atom. The molecule has 0 aliphatic carbocycles. The summed E-state index contributed by atoms with van der Waals surface area (Å²) in [5.41, 5.74) is 0.548. The number of fused-ring (bicyclic) bond motifs is 1. The van der Waals surface area contributed by atoms with Gasteiger partial charge in [-0.05, 0) is 6.92 Å². The first-order valence-electron chi connectivity index (χ1n) is 3.58. The fourth-order valence-electron chi connectivity index (χ4n) is 1.04. The van der Waals surface area contributed by atoms with Gasteiger partial charge >= 0.3 is 0 Å². The van der Waals surface area contributed by atoms with Crippen molar-refractivity contribution < 1.29 is 0 Å². The van der Waals surface area contributed by atoms with E-state index in [1.165, 1.54) is 6.07 Å². The zero-order valence-corrected chi connectivity index (χ0v) is 6.53. The maximum Gasteiger partial charge on any atom is 0.250 e. The van der Waals surface area contributed by atoms with Crippen molar-refractivity contribution in [3.05, 3.63) is 34.6 Å². The average Bonchev–Trinajstić information content (AvgIpc) is 2.03. The predicted octanol–water partition coefficient (Wildman–Crippen LogP) is 0.627. The number of pyridine rings is 1. The molecule has 0 unspecified atom stereocenters. The van der Waals surface area contributed by atoms with Crippen LogP contribution in [0.1, 0.15) is 5.82 Å². The van der Waals surface area contributed by atoms with Crippen LogP contribution in [0.2, 0.25) is 0 Å². The lowest BCUT2D eigenvalue weighted by Gasteiger charge is -1.95. The van der Waals surface area contributed by atoms with E-state index in [9.17, 15) is 4.79 Å². The van der Waals surface area contributed by atoms with Crippen LogP contribution in [0.5, 0.6) is 0 Å². The Morgan fingerprint density at radius 3 is 3.17 bits per heavy atom. The molecule has 2 aromatic rings. The lowest BCUT2D eigenvalue weighted by atomic mass is 10.3. The second-order valence-electron chi connectivity index (χ2n) is 2.56. The molecule has 60 valence electrons. The van der Waals surface area contributed by atoms with Gasteiger partial charge < -0.3 is 4.98 Å². The minimum atomic E-state index is -0.138. The first kappa shape index (κ1) is 6.97. The molecule has 12 heavy (non-hydrogen) atoms. The van der Waals surface area contributed by atoms with E-state index in [-0.39, 0.29) is 5.56 Å². The van der Waals surface area contributed by atoms with Crippen LogP contribution < -0.4 is 5.56 Å². The van der Waals surface area contributed by atoms with Gasteiger partial charge in [0.15, 0.2) is 0 Å². The van der Waals surface area contributed by atoms with E-state index in [2.05, 4.69) is 15.0 Å². The highest BCUT2D eigenvalue weighted by Crippen LogP contribution is 2.04. The molecule has 0 amide bonds. The molecular formula is C8H7N3O. The maximum absolute atomic E-state index is 10.9. The molecule has 0 fully saturated rings. The molecule has 4 nitrogen and oxygen atoms in total. The van der Waals surface area contributed by atoms with E-state index in [0.29, 0.717) is 11.3 Å². The summed E-state index contributed by atoms with van der Waals surface area (Å²) in [5.74, 6) is 0.674. The van der Waals surface area contributed by atoms with Crippen molar-refractivity contribution >= 4 is 10.9 Å². The van der Waals surface area contributed by atoms with Crippen molar-refractivity contribution in [1.29, 1.82) is 0 Å². The molecule has 0 saturated carbocycles. The number of nitrogens with one attached hydrogen (secondary N) is 1. The molecule has 0 spiro atoms. The third-order valence-corrected chi connectivity index (χ3v) is 1.61. The summed E-state index contributed by atoms with van der Waals surface area (Å²) >= 11 is 0. The fourth-order valence-corrected chi connectivity index (χ4v) is 1.04. The molecule has 2 heterocycles. The SMILES string of the molecule is Cc1ncc2c[nH]c(=O)cc2n1. The first-order chi connectivity index (χ1) is 5.75. The Labute approximate surface area is 68.3 Å². The number of hydrogen-bond acceptors (Lipinski definition) is 3. The normalized spacial score (nSPS) is 10.4. The molecule has 0 saturated heterocycles. The predicted molar refractivity (Wildman–Crippen MR) is 44.9 cm³/mol. The van der Waals surface area contributed by atoms with Gasteiger partial charge in [0.25, 0.3) is 0 Å². The highest BCUT2D eigenvalue weighted by atomic mass is 16.1. The van der Waals surface area contributed by atoms with Crippen LogP contribution in [-0.4, -0.2) is 15.0 Å². The van der Waals surface area contributed by atoms with Crippen molar-refractivity contribution in [3.8, 4) is 0 Å². The first-order valence-corrected chi connectivity index (χ1v) is 3.58. The number of aromatic amines is 1. The van der Waals surface area contributed by atoms with Crippen LogP contribution in [-0.2, 0) is 0 Å². The van der Waals surface area contributed by atoms with Gasteiger partial charge in [0, 0.05) is 23.8 Å². The van der Waals surface area contributed by atoms with E-state index in [1.807, 2.05) is 0 Å². The third-order valence-electron chi connectivity index (χ3n) is 1.61. The van der Waals surface area contributed by atoms with Crippen LogP contribution in [0.3, 0.4) is 0 Å². The van der Waals surface area contributed by atoms with Crippen molar-refractivity contribution in [1.82, 2.24) is 15.0 Å². The van der Waals surface area contributed by atoms with Gasteiger partial charge in [-0.1, -0.05) is 0 Å².